The monoisotopic (exact) mass is 478 g/mol. The lowest BCUT2D eigenvalue weighted by Crippen LogP contribution is -2.38. The maximum Gasteiger partial charge on any atom is 0.274 e. The van der Waals surface area contributed by atoms with Crippen LogP contribution in [0.1, 0.15) is 59.5 Å². The number of nitrogens with one attached hydrogen (secondary N) is 1. The number of hydrogen-bond acceptors (Lipinski definition) is 6. The third-order valence-corrected chi connectivity index (χ3v) is 7.10. The van der Waals surface area contributed by atoms with Gasteiger partial charge in [-0.05, 0) is 72.5 Å². The topological polar surface area (TPSA) is 95.3 Å². The molecule has 180 valence electrons. The van der Waals surface area contributed by atoms with Crippen LogP contribution in [0.3, 0.4) is 0 Å². The Morgan fingerprint density at radius 1 is 1.03 bits per heavy atom. The Kier molecular flexibility index (Phi) is 5.39. The third kappa shape index (κ3) is 4.00. The molecule has 0 bridgehead atoms. The number of H-pyrrole nitrogens is 1. The lowest BCUT2D eigenvalue weighted by Gasteiger charge is -2.30. The highest BCUT2D eigenvalue weighted by Gasteiger charge is 2.30. The number of rotatable bonds is 4. The molecule has 5 heterocycles. The molecule has 6 rings (SSSR count). The Balaban J connectivity index is 1.21. The van der Waals surface area contributed by atoms with Crippen LogP contribution >= 0.6 is 0 Å². The number of fused-ring (bicyclic) bond motifs is 1. The Morgan fingerprint density at radius 3 is 2.69 bits per heavy atom. The Morgan fingerprint density at radius 2 is 1.89 bits per heavy atom. The van der Waals surface area contributed by atoms with E-state index >= 15 is 0 Å². The van der Waals surface area contributed by atoms with E-state index in [2.05, 4.69) is 30.6 Å². The van der Waals surface area contributed by atoms with Crippen LogP contribution < -0.4 is 4.90 Å². The lowest BCUT2D eigenvalue weighted by molar-refractivity contribution is 0.0704. The van der Waals surface area contributed by atoms with Gasteiger partial charge in [0.05, 0.1) is 11.6 Å². The number of hydrogen-bond donors (Lipinski definition) is 1. The molecule has 1 amide bonds. The van der Waals surface area contributed by atoms with Crippen LogP contribution in [0.15, 0.2) is 42.6 Å². The van der Waals surface area contributed by atoms with Crippen LogP contribution in [0.4, 0.5) is 14.5 Å². The van der Waals surface area contributed by atoms with Gasteiger partial charge in [-0.25, -0.2) is 18.4 Å². The molecule has 1 atom stereocenters. The zero-order valence-corrected chi connectivity index (χ0v) is 18.9. The molecule has 0 aliphatic carbocycles. The van der Waals surface area contributed by atoms with E-state index in [9.17, 15) is 13.6 Å². The summed E-state index contributed by atoms with van der Waals surface area (Å²) in [5, 5.41) is 18.6. The second-order valence-corrected chi connectivity index (χ2v) is 9.15. The van der Waals surface area contributed by atoms with Crippen LogP contribution in [0, 0.1) is 11.6 Å². The number of likely N-dealkylation sites (tertiary alicyclic amines) is 1. The van der Waals surface area contributed by atoms with Gasteiger partial charge < -0.3 is 9.80 Å². The van der Waals surface area contributed by atoms with Crippen molar-refractivity contribution in [1.82, 2.24) is 35.1 Å². The average Bonchev–Trinajstić information content (AvgIpc) is 3.65. The van der Waals surface area contributed by atoms with Crippen LogP contribution in [0.2, 0.25) is 0 Å². The highest BCUT2D eigenvalue weighted by molar-refractivity contribution is 5.93. The number of aromatic nitrogens is 6. The predicted molar refractivity (Wildman–Crippen MR) is 123 cm³/mol. The smallest absolute Gasteiger partial charge is 0.274 e. The van der Waals surface area contributed by atoms with Crippen molar-refractivity contribution in [2.45, 2.75) is 37.6 Å². The van der Waals surface area contributed by atoms with Gasteiger partial charge in [0.25, 0.3) is 5.91 Å². The molecule has 1 aromatic carbocycles. The van der Waals surface area contributed by atoms with Crippen LogP contribution in [0.25, 0.3) is 5.52 Å². The minimum absolute atomic E-state index is 0.106. The number of tetrazole rings is 1. The number of pyridine rings is 1. The predicted octanol–water partition coefficient (Wildman–Crippen LogP) is 3.49. The number of carbonyl (C=O) groups excluding carboxylic acids is 1. The molecule has 0 radical (unpaired) electrons. The largest absolute Gasteiger partial charge is 0.364 e. The van der Waals surface area contributed by atoms with Crippen molar-refractivity contribution in [2.24, 2.45) is 0 Å². The van der Waals surface area contributed by atoms with E-state index in [0.717, 1.165) is 55.3 Å². The zero-order valence-electron chi connectivity index (χ0n) is 18.9. The summed E-state index contributed by atoms with van der Waals surface area (Å²) in [7, 11) is 0. The average molecular weight is 479 g/mol. The summed E-state index contributed by atoms with van der Waals surface area (Å²) in [4.78, 5) is 17.0. The summed E-state index contributed by atoms with van der Waals surface area (Å²) in [5.74, 6) is 0.0316. The van der Waals surface area contributed by atoms with Gasteiger partial charge in [0.1, 0.15) is 11.6 Å². The number of benzene rings is 1. The first-order chi connectivity index (χ1) is 17.1. The molecule has 0 spiro atoms. The molecule has 9 nitrogen and oxygen atoms in total. The van der Waals surface area contributed by atoms with Crippen molar-refractivity contribution in [1.29, 1.82) is 0 Å². The second kappa shape index (κ2) is 8.71. The van der Waals surface area contributed by atoms with Crippen LogP contribution in [-0.4, -0.2) is 60.7 Å². The minimum Gasteiger partial charge on any atom is -0.364 e. The molecule has 2 aliphatic heterocycles. The van der Waals surface area contributed by atoms with Crippen molar-refractivity contribution in [3.8, 4) is 0 Å². The van der Waals surface area contributed by atoms with E-state index in [4.69, 9.17) is 0 Å². The van der Waals surface area contributed by atoms with Gasteiger partial charge in [-0.3, -0.25) is 4.79 Å². The number of nitrogens with zero attached hydrogens (tertiary/aromatic N) is 7. The SMILES string of the molecule is O=C(c1cc2cc(N3CCCC3c3cc(F)ccc3F)ccn2n1)N1CCC(c2nnn[nH]2)CC1. The molecule has 1 unspecified atom stereocenters. The Bertz CT molecular complexity index is 1360. The molecule has 2 aliphatic rings. The number of carbonyl (C=O) groups is 1. The molecule has 3 aromatic heterocycles. The van der Waals surface area contributed by atoms with Crippen LogP contribution in [-0.2, 0) is 0 Å². The summed E-state index contributed by atoms with van der Waals surface area (Å²) < 4.78 is 30.0. The molecule has 35 heavy (non-hydrogen) atoms. The van der Waals surface area contributed by atoms with E-state index in [1.807, 2.05) is 23.2 Å². The van der Waals surface area contributed by atoms with Crippen molar-refractivity contribution in [3.63, 3.8) is 0 Å². The fourth-order valence-corrected chi connectivity index (χ4v) is 5.29. The summed E-state index contributed by atoms with van der Waals surface area (Å²) in [6.07, 6.45) is 5.01. The van der Waals surface area contributed by atoms with Gasteiger partial charge in [-0.1, -0.05) is 0 Å². The number of anilines is 1. The molecule has 4 aromatic rings. The molecule has 11 heteroatoms. The molecule has 0 saturated carbocycles. The van der Waals surface area contributed by atoms with Crippen molar-refractivity contribution < 1.29 is 13.6 Å². The Hall–Kier alpha value is -3.89. The number of piperidine rings is 1. The first-order valence-corrected chi connectivity index (χ1v) is 11.8. The molecular formula is C24H24F2N8O. The zero-order chi connectivity index (χ0) is 23.9. The maximum absolute atomic E-state index is 14.5. The van der Waals surface area contributed by atoms with E-state index in [-0.39, 0.29) is 17.9 Å². The highest BCUT2D eigenvalue weighted by Crippen LogP contribution is 2.38. The molecule has 2 saturated heterocycles. The van der Waals surface area contributed by atoms with Gasteiger partial charge >= 0.3 is 0 Å². The van der Waals surface area contributed by atoms with E-state index in [1.54, 1.807) is 10.6 Å². The molecular weight excluding hydrogens is 454 g/mol. The second-order valence-electron chi connectivity index (χ2n) is 9.15. The summed E-state index contributed by atoms with van der Waals surface area (Å²) in [6.45, 7) is 1.96. The normalized spacial score (nSPS) is 19.1. The number of halogens is 2. The van der Waals surface area contributed by atoms with Gasteiger partial charge in [0.2, 0.25) is 0 Å². The summed E-state index contributed by atoms with van der Waals surface area (Å²) in [6, 6.07) is 9.01. The first kappa shape index (κ1) is 21.6. The van der Waals surface area contributed by atoms with Gasteiger partial charge in [-0.15, -0.1) is 5.10 Å². The summed E-state index contributed by atoms with van der Waals surface area (Å²) in [5.41, 5.74) is 2.43. The van der Waals surface area contributed by atoms with Crippen molar-refractivity contribution in [2.75, 3.05) is 24.5 Å². The van der Waals surface area contributed by atoms with E-state index < -0.39 is 11.6 Å². The van der Waals surface area contributed by atoms with Gasteiger partial charge in [-0.2, -0.15) is 5.10 Å². The summed E-state index contributed by atoms with van der Waals surface area (Å²) >= 11 is 0. The van der Waals surface area contributed by atoms with Crippen LogP contribution in [0.5, 0.6) is 0 Å². The van der Waals surface area contributed by atoms with Crippen molar-refractivity contribution >= 4 is 17.1 Å². The fraction of sp³-hybridized carbons (Fsp3) is 0.375. The number of aromatic amines is 1. The minimum atomic E-state index is -0.441. The highest BCUT2D eigenvalue weighted by atomic mass is 19.1. The Labute approximate surface area is 199 Å². The van der Waals surface area contributed by atoms with E-state index in [0.29, 0.717) is 24.3 Å². The third-order valence-electron chi connectivity index (χ3n) is 7.10. The quantitative estimate of drug-likeness (QED) is 0.483. The van der Waals surface area contributed by atoms with Crippen molar-refractivity contribution in [3.05, 3.63) is 71.3 Å². The number of amides is 1. The molecule has 2 fully saturated rings. The lowest BCUT2D eigenvalue weighted by atomic mass is 9.96. The molecule has 1 N–H and O–H groups in total. The van der Waals surface area contributed by atoms with Gasteiger partial charge in [0.15, 0.2) is 11.5 Å². The van der Waals surface area contributed by atoms with Gasteiger partial charge in [0, 0.05) is 43.0 Å². The standard InChI is InChI=1S/C24H24F2N8O/c25-16-3-4-20(26)19(12-16)22-2-1-8-33(22)17-7-11-34-18(13-17)14-21(29-34)24(35)32-9-5-15(6-10-32)23-27-30-31-28-23/h3-4,7,11-15,22H,1-2,5-6,8-10H2,(H,27,28,30,31). The van der Waals surface area contributed by atoms with E-state index in [1.165, 1.54) is 12.1 Å². The maximum atomic E-state index is 14.5. The fourth-order valence-electron chi connectivity index (χ4n) is 5.29. The first-order valence-electron chi connectivity index (χ1n) is 11.8.